The van der Waals surface area contributed by atoms with Gasteiger partial charge in [0.25, 0.3) is 11.8 Å². The smallest absolute Gasteiger partial charge is 0.433 e. The molecule has 234 valence electrons. The highest BCUT2D eigenvalue weighted by atomic mass is 79.9. The number of carbonyl (C=O) groups excluding carboxylic acids is 4. The van der Waals surface area contributed by atoms with Gasteiger partial charge in [0, 0.05) is 35.8 Å². The van der Waals surface area contributed by atoms with E-state index >= 15 is 0 Å². The van der Waals surface area contributed by atoms with Crippen molar-refractivity contribution >= 4 is 56.7 Å². The summed E-state index contributed by atoms with van der Waals surface area (Å²) in [5.74, 6) is -5.55. The Morgan fingerprint density at radius 1 is 1.11 bits per heavy atom. The van der Waals surface area contributed by atoms with Crippen LogP contribution in [0.3, 0.4) is 0 Å². The van der Waals surface area contributed by atoms with E-state index in [9.17, 15) is 37.5 Å². The van der Waals surface area contributed by atoms with Crippen molar-refractivity contribution in [2.24, 2.45) is 17.8 Å². The second-order valence-corrected chi connectivity index (χ2v) is 12.3. The lowest BCUT2D eigenvalue weighted by Crippen LogP contribution is -2.46. The molecule has 1 N–H and O–H groups in total. The van der Waals surface area contributed by atoms with E-state index in [0.29, 0.717) is 23.0 Å². The van der Waals surface area contributed by atoms with Gasteiger partial charge in [-0.25, -0.2) is 4.98 Å². The Morgan fingerprint density at radius 3 is 2.56 bits per heavy atom. The van der Waals surface area contributed by atoms with Crippen LogP contribution in [0.2, 0.25) is 5.02 Å². The fourth-order valence-electron chi connectivity index (χ4n) is 6.76. The molecular weight excluding hydrogens is 683 g/mol. The predicted molar refractivity (Wildman–Crippen MR) is 158 cm³/mol. The minimum Gasteiger partial charge on any atom is -0.491 e. The first kappa shape index (κ1) is 31.2. The van der Waals surface area contributed by atoms with Crippen molar-refractivity contribution in [3.8, 4) is 5.75 Å². The summed E-state index contributed by atoms with van der Waals surface area (Å²) in [6.45, 7) is -0.290. The molecule has 1 aliphatic heterocycles. The zero-order chi connectivity index (χ0) is 32.4. The summed E-state index contributed by atoms with van der Waals surface area (Å²) in [6.07, 6.45) is -1.68. The number of amides is 2. The Labute approximate surface area is 268 Å². The zero-order valence-electron chi connectivity index (χ0n) is 23.5. The number of benzene rings is 1. The molecule has 1 fully saturated rings. The molecule has 0 saturated carbocycles. The maximum absolute atomic E-state index is 14.1. The number of para-hydroxylation sites is 1. The second-order valence-electron chi connectivity index (χ2n) is 11.0. The maximum atomic E-state index is 14.1. The van der Waals surface area contributed by atoms with Crippen molar-refractivity contribution in [1.29, 1.82) is 0 Å². The van der Waals surface area contributed by atoms with Crippen LogP contribution in [0.5, 0.6) is 5.75 Å². The number of halogens is 5. The zero-order valence-corrected chi connectivity index (χ0v) is 25.8. The molecule has 2 aromatic rings. The number of hydrazine groups is 1. The van der Waals surface area contributed by atoms with Crippen LogP contribution in [0, 0.1) is 17.8 Å². The van der Waals surface area contributed by atoms with E-state index in [0.717, 1.165) is 16.1 Å². The van der Waals surface area contributed by atoms with E-state index in [1.165, 1.54) is 13.1 Å². The molecule has 1 aromatic carbocycles. The van der Waals surface area contributed by atoms with Gasteiger partial charge < -0.3 is 9.84 Å². The van der Waals surface area contributed by atoms with Gasteiger partial charge in [0.1, 0.15) is 18.1 Å². The number of hydrogen-bond donors (Lipinski definition) is 1. The number of alkyl halides is 3. The molecule has 4 atom stereocenters. The third kappa shape index (κ3) is 5.10. The number of anilines is 1. The molecule has 9 nitrogen and oxygen atoms in total. The van der Waals surface area contributed by atoms with Crippen molar-refractivity contribution < 1.29 is 42.2 Å². The van der Waals surface area contributed by atoms with E-state index < -0.39 is 59.0 Å². The summed E-state index contributed by atoms with van der Waals surface area (Å²) in [4.78, 5) is 58.4. The summed E-state index contributed by atoms with van der Waals surface area (Å²) in [6, 6.07) is 8.58. The number of allylic oxidation sites excluding steroid dienone is 6. The van der Waals surface area contributed by atoms with E-state index in [1.807, 2.05) is 0 Å². The average Bonchev–Trinajstić information content (AvgIpc) is 3.26. The van der Waals surface area contributed by atoms with Gasteiger partial charge in [-0.05, 0) is 52.9 Å². The fraction of sp³-hybridized carbons (Fsp3) is 0.323. The molecule has 0 radical (unpaired) electrons. The van der Waals surface area contributed by atoms with E-state index in [2.05, 4.69) is 20.9 Å². The number of ketones is 2. The van der Waals surface area contributed by atoms with Crippen molar-refractivity contribution in [3.63, 3.8) is 0 Å². The Morgan fingerprint density at radius 2 is 1.84 bits per heavy atom. The normalized spacial score (nSPS) is 24.6. The second kappa shape index (κ2) is 11.5. The van der Waals surface area contributed by atoms with Gasteiger partial charge in [-0.2, -0.15) is 18.2 Å². The maximum Gasteiger partial charge on any atom is 0.433 e. The number of rotatable bonds is 6. The first-order valence-electron chi connectivity index (χ1n) is 13.9. The number of aliphatic hydroxyl groups is 1. The van der Waals surface area contributed by atoms with Crippen molar-refractivity contribution in [3.05, 3.63) is 86.0 Å². The first-order valence-corrected chi connectivity index (χ1v) is 15.1. The van der Waals surface area contributed by atoms with Gasteiger partial charge in [-0.3, -0.25) is 24.2 Å². The molecule has 14 heteroatoms. The third-order valence-corrected chi connectivity index (χ3v) is 9.50. The average molecular weight is 707 g/mol. The van der Waals surface area contributed by atoms with Crippen LogP contribution in [-0.2, 0) is 25.4 Å². The molecular formula is C31H24BrClF3N3O6. The highest BCUT2D eigenvalue weighted by Gasteiger charge is 2.58. The van der Waals surface area contributed by atoms with Gasteiger partial charge in [-0.15, -0.1) is 0 Å². The predicted octanol–water partition coefficient (Wildman–Crippen LogP) is 4.94. The minimum atomic E-state index is -4.79. The van der Waals surface area contributed by atoms with Gasteiger partial charge in [0.2, 0.25) is 0 Å². The van der Waals surface area contributed by atoms with Gasteiger partial charge in [0.15, 0.2) is 17.4 Å². The molecule has 6 rings (SSSR count). The quantitative estimate of drug-likeness (QED) is 0.255. The molecule has 2 heterocycles. The van der Waals surface area contributed by atoms with Crippen LogP contribution in [-0.4, -0.2) is 58.7 Å². The van der Waals surface area contributed by atoms with E-state index in [4.69, 9.17) is 16.3 Å². The van der Waals surface area contributed by atoms with Crippen LogP contribution in [0.4, 0.5) is 19.0 Å². The lowest BCUT2D eigenvalue weighted by Gasteiger charge is -2.42. The molecule has 4 aliphatic rings. The molecule has 0 bridgehead atoms. The monoisotopic (exact) mass is 705 g/mol. The standard InChI is InChI=1S/C31H24BrClF3N3O6/c1-38(28-20(33)8-9-23(37-28)31(34,35)36)39-29(43)16-7-6-14-17(25(16)30(39)44)12-18-26(21(41)13-19(32)27(18)42)24(14)15-4-2-3-5-22(15)45-11-10-40/h2-6,8-9,13,16-17,24-25,40H,7,10-12H2,1H3. The summed E-state index contributed by atoms with van der Waals surface area (Å²) in [7, 11) is 1.24. The van der Waals surface area contributed by atoms with Crippen molar-refractivity contribution in [2.75, 3.05) is 25.3 Å². The van der Waals surface area contributed by atoms with Crippen molar-refractivity contribution in [1.82, 2.24) is 9.99 Å². The number of aliphatic hydroxyl groups excluding tert-OH is 1. The summed E-state index contributed by atoms with van der Waals surface area (Å²) >= 11 is 9.37. The number of imide groups is 1. The van der Waals surface area contributed by atoms with Crippen LogP contribution >= 0.6 is 27.5 Å². The topological polar surface area (TPSA) is 117 Å². The van der Waals surface area contributed by atoms with Gasteiger partial charge >= 0.3 is 6.18 Å². The summed E-state index contributed by atoms with van der Waals surface area (Å²) in [5, 5.41) is 10.9. The molecule has 1 aromatic heterocycles. The molecule has 2 amide bonds. The number of carbonyl (C=O) groups is 4. The lowest BCUT2D eigenvalue weighted by molar-refractivity contribution is -0.141. The highest BCUT2D eigenvalue weighted by molar-refractivity contribution is 9.12. The van der Waals surface area contributed by atoms with E-state index in [-0.39, 0.29) is 52.5 Å². The summed E-state index contributed by atoms with van der Waals surface area (Å²) in [5.41, 5.74) is 0.406. The number of pyridine rings is 1. The Kier molecular flexibility index (Phi) is 7.99. The number of ether oxygens (including phenoxy) is 1. The fourth-order valence-corrected chi connectivity index (χ4v) is 7.43. The van der Waals surface area contributed by atoms with Crippen LogP contribution in [0.25, 0.3) is 0 Å². The van der Waals surface area contributed by atoms with Crippen LogP contribution in [0.1, 0.15) is 30.0 Å². The van der Waals surface area contributed by atoms with Crippen LogP contribution < -0.4 is 9.75 Å². The lowest BCUT2D eigenvalue weighted by atomic mass is 9.59. The summed E-state index contributed by atoms with van der Waals surface area (Å²) < 4.78 is 46.2. The molecule has 45 heavy (non-hydrogen) atoms. The Hall–Kier alpha value is -3.81. The van der Waals surface area contributed by atoms with Gasteiger partial charge in [-0.1, -0.05) is 41.4 Å². The number of aromatic nitrogens is 1. The number of Topliss-reactive ketones (excluding diaryl/α,β-unsaturated/α-hetero) is 1. The highest BCUT2D eigenvalue weighted by Crippen LogP contribution is 2.56. The molecule has 3 aliphatic carbocycles. The minimum absolute atomic E-state index is 0.00878. The first-order chi connectivity index (χ1) is 21.3. The van der Waals surface area contributed by atoms with Crippen molar-refractivity contribution in [2.45, 2.75) is 24.9 Å². The largest absolute Gasteiger partial charge is 0.491 e. The molecule has 1 saturated heterocycles. The number of nitrogens with zero attached hydrogens (tertiary/aromatic N) is 3. The SMILES string of the molecule is CN(c1nc(C(F)(F)F)ccc1Cl)N1C(=O)C2CC=C3C(c4ccccc4OCCO)C4=C(CC3C2C1=O)C(=O)C(Br)=CC4=O. The number of fused-ring (bicyclic) bond motifs is 3. The Balaban J connectivity index is 1.44. The van der Waals surface area contributed by atoms with Gasteiger partial charge in [0.05, 0.1) is 27.9 Å². The number of hydrogen-bond acceptors (Lipinski definition) is 8. The Bertz CT molecular complexity index is 1760. The molecule has 4 unspecified atom stereocenters. The van der Waals surface area contributed by atoms with Crippen LogP contribution in [0.15, 0.2) is 69.8 Å². The third-order valence-electron chi connectivity index (χ3n) is 8.61. The molecule has 0 spiro atoms. The van der Waals surface area contributed by atoms with E-state index in [1.54, 1.807) is 30.3 Å².